The van der Waals surface area contributed by atoms with Crippen LogP contribution in [0.15, 0.2) is 11.1 Å². The van der Waals surface area contributed by atoms with E-state index in [-0.39, 0.29) is 18.0 Å². The Labute approximate surface area is 193 Å². The summed E-state index contributed by atoms with van der Waals surface area (Å²) in [6.07, 6.45) is 4.33. The third kappa shape index (κ3) is 4.61. The highest BCUT2D eigenvalue weighted by atomic mass is 32.1. The first kappa shape index (κ1) is 22.6. The minimum atomic E-state index is -0.448. The molecule has 3 aromatic rings. The maximum absolute atomic E-state index is 13.1. The van der Waals surface area contributed by atoms with Crippen LogP contribution in [0.5, 0.6) is 0 Å². The number of hydrogen-bond acceptors (Lipinski definition) is 8. The number of ether oxygens (including phenoxy) is 1. The molecule has 0 bridgehead atoms. The summed E-state index contributed by atoms with van der Waals surface area (Å²) < 4.78 is 6.59. The Hall–Kier alpha value is -2.59. The average Bonchev–Trinajstić information content (AvgIpc) is 3.27. The lowest BCUT2D eigenvalue weighted by molar-refractivity contribution is -0.116. The Morgan fingerprint density at radius 2 is 2.12 bits per heavy atom. The molecule has 32 heavy (non-hydrogen) atoms. The minimum Gasteiger partial charge on any atom is -0.461 e. The number of aromatic nitrogens is 3. The van der Waals surface area contributed by atoms with Gasteiger partial charge in [0.1, 0.15) is 16.3 Å². The van der Waals surface area contributed by atoms with Gasteiger partial charge in [0.15, 0.2) is 5.13 Å². The van der Waals surface area contributed by atoms with Crippen LogP contribution in [0.3, 0.4) is 0 Å². The van der Waals surface area contributed by atoms with E-state index in [1.165, 1.54) is 15.8 Å². The number of thiophene rings is 1. The molecule has 3 aromatic heterocycles. The highest BCUT2D eigenvalue weighted by molar-refractivity contribution is 7.18. The number of hydrogen-bond donors (Lipinski definition) is 1. The third-order valence-corrected chi connectivity index (χ3v) is 7.59. The summed E-state index contributed by atoms with van der Waals surface area (Å²) >= 11 is 2.65. The predicted molar refractivity (Wildman–Crippen MR) is 126 cm³/mol. The number of fused-ring (bicyclic) bond motifs is 3. The highest BCUT2D eigenvalue weighted by Gasteiger charge is 2.24. The van der Waals surface area contributed by atoms with E-state index < -0.39 is 11.9 Å². The van der Waals surface area contributed by atoms with Gasteiger partial charge in [0.25, 0.3) is 5.56 Å². The number of carbonyl (C=O) groups excluding carboxylic acids is 2. The first-order valence-corrected chi connectivity index (χ1v) is 12.3. The van der Waals surface area contributed by atoms with Crippen molar-refractivity contribution in [1.29, 1.82) is 0 Å². The molecule has 0 aliphatic heterocycles. The molecule has 1 aliphatic carbocycles. The van der Waals surface area contributed by atoms with Crippen LogP contribution in [-0.4, -0.2) is 33.0 Å². The molecule has 1 atom stereocenters. The molecule has 0 radical (unpaired) electrons. The second-order valence-corrected chi connectivity index (χ2v) is 10.8. The number of amides is 1. The molecule has 10 heteroatoms. The number of thiazole rings is 1. The first-order chi connectivity index (χ1) is 15.2. The number of nitrogens with zero attached hydrogens (tertiary/aromatic N) is 3. The summed E-state index contributed by atoms with van der Waals surface area (Å²) in [5, 5.41) is 3.63. The highest BCUT2D eigenvalue weighted by Crippen LogP contribution is 2.35. The maximum Gasteiger partial charge on any atom is 0.350 e. The van der Waals surface area contributed by atoms with Crippen LogP contribution < -0.4 is 10.9 Å². The van der Waals surface area contributed by atoms with Gasteiger partial charge in [0.05, 0.1) is 24.0 Å². The number of anilines is 1. The van der Waals surface area contributed by atoms with Crippen LogP contribution in [0.4, 0.5) is 5.13 Å². The summed E-state index contributed by atoms with van der Waals surface area (Å²) in [6.45, 7) is 7.98. The van der Waals surface area contributed by atoms with E-state index in [4.69, 9.17) is 4.74 Å². The van der Waals surface area contributed by atoms with Gasteiger partial charge in [-0.3, -0.25) is 14.2 Å². The molecule has 0 aromatic carbocycles. The van der Waals surface area contributed by atoms with E-state index >= 15 is 0 Å². The number of esters is 1. The van der Waals surface area contributed by atoms with Crippen molar-refractivity contribution in [2.24, 2.45) is 11.8 Å². The molecule has 0 spiro atoms. The van der Waals surface area contributed by atoms with Crippen molar-refractivity contribution >= 4 is 49.9 Å². The zero-order chi connectivity index (χ0) is 23.0. The predicted octanol–water partition coefficient (Wildman–Crippen LogP) is 3.80. The van der Waals surface area contributed by atoms with Crippen molar-refractivity contribution < 1.29 is 14.3 Å². The van der Waals surface area contributed by atoms with Crippen LogP contribution >= 0.6 is 22.7 Å². The molecule has 1 amide bonds. The van der Waals surface area contributed by atoms with E-state index in [2.05, 4.69) is 22.2 Å². The summed E-state index contributed by atoms with van der Waals surface area (Å²) in [5.41, 5.74) is 1.40. The molecule has 8 nitrogen and oxygen atoms in total. The van der Waals surface area contributed by atoms with E-state index in [1.54, 1.807) is 18.3 Å². The molecule has 3 heterocycles. The number of carbonyl (C=O) groups is 2. The Bertz CT molecular complexity index is 1240. The molecule has 0 fully saturated rings. The van der Waals surface area contributed by atoms with Gasteiger partial charge in [0, 0.05) is 4.88 Å². The van der Waals surface area contributed by atoms with E-state index in [1.807, 2.05) is 13.8 Å². The molecule has 0 saturated carbocycles. The van der Waals surface area contributed by atoms with Gasteiger partial charge >= 0.3 is 5.97 Å². The lowest BCUT2D eigenvalue weighted by Gasteiger charge is -2.17. The average molecular weight is 475 g/mol. The van der Waals surface area contributed by atoms with Crippen molar-refractivity contribution in [1.82, 2.24) is 14.5 Å². The zero-order valence-electron chi connectivity index (χ0n) is 18.6. The van der Waals surface area contributed by atoms with Gasteiger partial charge in [-0.1, -0.05) is 32.1 Å². The Morgan fingerprint density at radius 1 is 1.34 bits per heavy atom. The summed E-state index contributed by atoms with van der Waals surface area (Å²) in [4.78, 5) is 48.9. The van der Waals surface area contributed by atoms with E-state index in [0.717, 1.165) is 41.0 Å². The molecule has 0 saturated heterocycles. The Kier molecular flexibility index (Phi) is 6.43. The topological polar surface area (TPSA) is 103 Å². The molecule has 1 unspecified atom stereocenters. The van der Waals surface area contributed by atoms with Crippen LogP contribution in [0, 0.1) is 18.8 Å². The van der Waals surface area contributed by atoms with E-state index in [0.29, 0.717) is 33.6 Å². The van der Waals surface area contributed by atoms with Crippen LogP contribution in [0.1, 0.15) is 53.0 Å². The standard InChI is InChI=1S/C22H26N4O4S2/c1-11(2)9-30-21(29)18-13(4)24-22(32-18)25-16(27)8-26-10-23-19-17(20(26)28)14-6-5-12(3)7-15(14)31-19/h10-12H,5-9H2,1-4H3,(H,24,25,27). The first-order valence-electron chi connectivity index (χ1n) is 10.7. The van der Waals surface area contributed by atoms with Gasteiger partial charge in [-0.15, -0.1) is 11.3 Å². The van der Waals surface area contributed by atoms with Gasteiger partial charge in [-0.2, -0.15) is 0 Å². The SMILES string of the molecule is Cc1nc(NC(=O)Cn2cnc3sc4c(c3c2=O)CCC(C)C4)sc1C(=O)OCC(C)C. The molecule has 4 rings (SSSR count). The molecular weight excluding hydrogens is 448 g/mol. The van der Waals surface area contributed by atoms with Gasteiger partial charge in [-0.25, -0.2) is 14.8 Å². The van der Waals surface area contributed by atoms with Crippen LogP contribution in [0.2, 0.25) is 0 Å². The van der Waals surface area contributed by atoms with Crippen molar-refractivity contribution in [3.8, 4) is 0 Å². The Balaban J connectivity index is 1.49. The number of aryl methyl sites for hydroxylation is 2. The maximum atomic E-state index is 13.1. The molecule has 1 N–H and O–H groups in total. The summed E-state index contributed by atoms with van der Waals surface area (Å²) in [7, 11) is 0. The minimum absolute atomic E-state index is 0.172. The fourth-order valence-corrected chi connectivity index (χ4v) is 5.96. The quantitative estimate of drug-likeness (QED) is 0.545. The second-order valence-electron chi connectivity index (χ2n) is 8.68. The second kappa shape index (κ2) is 9.11. The van der Waals surface area contributed by atoms with Crippen molar-refractivity contribution in [3.63, 3.8) is 0 Å². The lowest BCUT2D eigenvalue weighted by atomic mass is 9.89. The van der Waals surface area contributed by atoms with E-state index in [9.17, 15) is 14.4 Å². The summed E-state index contributed by atoms with van der Waals surface area (Å²) in [6, 6.07) is 0. The fraction of sp³-hybridized carbons (Fsp3) is 0.500. The molecular formula is C22H26N4O4S2. The van der Waals surface area contributed by atoms with Gasteiger partial charge < -0.3 is 10.1 Å². The smallest absolute Gasteiger partial charge is 0.350 e. The molecule has 1 aliphatic rings. The Morgan fingerprint density at radius 3 is 2.88 bits per heavy atom. The van der Waals surface area contributed by atoms with Crippen molar-refractivity contribution in [3.05, 3.63) is 37.7 Å². The lowest BCUT2D eigenvalue weighted by Crippen LogP contribution is -2.28. The van der Waals surface area contributed by atoms with Gasteiger partial charge in [-0.05, 0) is 43.6 Å². The summed E-state index contributed by atoms with van der Waals surface area (Å²) in [5.74, 6) is -0.0100. The van der Waals surface area contributed by atoms with Crippen molar-refractivity contribution in [2.75, 3.05) is 11.9 Å². The fourth-order valence-electron chi connectivity index (χ4n) is 3.74. The monoisotopic (exact) mass is 474 g/mol. The number of rotatable bonds is 6. The third-order valence-electron chi connectivity index (χ3n) is 5.37. The zero-order valence-corrected chi connectivity index (χ0v) is 20.2. The van der Waals surface area contributed by atoms with Crippen LogP contribution in [0.25, 0.3) is 10.2 Å². The van der Waals surface area contributed by atoms with Gasteiger partial charge in [0.2, 0.25) is 5.91 Å². The largest absolute Gasteiger partial charge is 0.461 e. The normalized spacial score (nSPS) is 15.7. The number of nitrogens with one attached hydrogen (secondary N) is 1. The van der Waals surface area contributed by atoms with Crippen molar-refractivity contribution in [2.45, 2.75) is 53.5 Å². The molecule has 170 valence electrons. The van der Waals surface area contributed by atoms with Crippen LogP contribution in [-0.2, 0) is 28.9 Å².